The highest BCUT2D eigenvalue weighted by atomic mass is 35.5. The Labute approximate surface area is 151 Å². The first-order chi connectivity index (χ1) is 11.9. The average molecular weight is 355 g/mol. The molecule has 2 heterocycles. The third-order valence-corrected chi connectivity index (χ3v) is 4.04. The van der Waals surface area contributed by atoms with Crippen LogP contribution in [0.25, 0.3) is 5.69 Å². The third kappa shape index (κ3) is 3.72. The molecule has 0 bridgehead atoms. The van der Waals surface area contributed by atoms with Crippen LogP contribution in [0.2, 0.25) is 5.02 Å². The number of aromatic nitrogens is 3. The zero-order valence-corrected chi connectivity index (χ0v) is 15.1. The number of benzene rings is 1. The molecule has 25 heavy (non-hydrogen) atoms. The number of amides is 1. The lowest BCUT2D eigenvalue weighted by atomic mass is 9.92. The lowest BCUT2D eigenvalue weighted by molar-refractivity contribution is 0.102. The second-order valence-electron chi connectivity index (χ2n) is 6.72. The Morgan fingerprint density at radius 2 is 1.92 bits per heavy atom. The minimum atomic E-state index is -0.248. The third-order valence-electron chi connectivity index (χ3n) is 3.72. The fourth-order valence-electron chi connectivity index (χ4n) is 2.33. The van der Waals surface area contributed by atoms with E-state index < -0.39 is 0 Å². The maximum absolute atomic E-state index is 12.5. The van der Waals surface area contributed by atoms with Crippen LogP contribution in [0.4, 0.5) is 5.82 Å². The minimum Gasteiger partial charge on any atom is -0.306 e. The number of rotatable bonds is 3. The minimum absolute atomic E-state index is 0.166. The Balaban J connectivity index is 2.04. The summed E-state index contributed by atoms with van der Waals surface area (Å²) < 4.78 is 1.66. The molecule has 128 valence electrons. The maximum atomic E-state index is 12.5. The van der Waals surface area contributed by atoms with E-state index in [-0.39, 0.29) is 11.3 Å². The fourth-order valence-corrected chi connectivity index (χ4v) is 2.55. The number of nitrogens with one attached hydrogen (secondary N) is 1. The van der Waals surface area contributed by atoms with Crippen molar-refractivity contribution in [2.24, 2.45) is 0 Å². The van der Waals surface area contributed by atoms with Gasteiger partial charge in [0.25, 0.3) is 5.91 Å². The molecular formula is C19H19ClN4O. The van der Waals surface area contributed by atoms with Gasteiger partial charge in [-0.25, -0.2) is 4.68 Å². The molecule has 6 heteroatoms. The second-order valence-corrected chi connectivity index (χ2v) is 7.13. The molecule has 5 nitrogen and oxygen atoms in total. The monoisotopic (exact) mass is 354 g/mol. The quantitative estimate of drug-likeness (QED) is 0.754. The number of halogens is 1. The van der Waals surface area contributed by atoms with Crippen molar-refractivity contribution in [2.75, 3.05) is 5.32 Å². The number of anilines is 1. The first-order valence-corrected chi connectivity index (χ1v) is 8.31. The summed E-state index contributed by atoms with van der Waals surface area (Å²) in [5.41, 5.74) is 1.88. The Morgan fingerprint density at radius 1 is 1.16 bits per heavy atom. The molecule has 0 fully saturated rings. The van der Waals surface area contributed by atoms with E-state index in [9.17, 15) is 4.79 Å². The number of hydrogen-bond acceptors (Lipinski definition) is 3. The van der Waals surface area contributed by atoms with Crippen LogP contribution in [0.1, 0.15) is 36.8 Å². The van der Waals surface area contributed by atoms with Crippen LogP contribution in [0, 0.1) is 0 Å². The highest BCUT2D eigenvalue weighted by Crippen LogP contribution is 2.29. The molecule has 0 aliphatic heterocycles. The van der Waals surface area contributed by atoms with Crippen molar-refractivity contribution in [3.8, 4) is 5.69 Å². The molecule has 0 saturated heterocycles. The lowest BCUT2D eigenvalue weighted by Gasteiger charge is -2.14. The van der Waals surface area contributed by atoms with Gasteiger partial charge in [-0.3, -0.25) is 9.78 Å². The van der Waals surface area contributed by atoms with Crippen molar-refractivity contribution in [2.45, 2.75) is 26.2 Å². The first-order valence-electron chi connectivity index (χ1n) is 7.93. The Bertz CT molecular complexity index is 897. The maximum Gasteiger partial charge on any atom is 0.258 e. The molecule has 0 aliphatic rings. The normalized spacial score (nSPS) is 11.4. The van der Waals surface area contributed by atoms with Gasteiger partial charge in [-0.05, 0) is 24.3 Å². The average Bonchev–Trinajstić information content (AvgIpc) is 3.00. The first kappa shape index (κ1) is 17.2. The van der Waals surface area contributed by atoms with E-state index >= 15 is 0 Å². The van der Waals surface area contributed by atoms with Gasteiger partial charge in [-0.2, -0.15) is 5.10 Å². The number of hydrogen-bond donors (Lipinski definition) is 1. The van der Waals surface area contributed by atoms with Crippen molar-refractivity contribution < 1.29 is 4.79 Å². The van der Waals surface area contributed by atoms with Gasteiger partial charge in [-0.1, -0.05) is 44.5 Å². The van der Waals surface area contributed by atoms with Gasteiger partial charge >= 0.3 is 0 Å². The molecular weight excluding hydrogens is 336 g/mol. The topological polar surface area (TPSA) is 59.8 Å². The number of carbonyl (C=O) groups is 1. The highest BCUT2D eigenvalue weighted by molar-refractivity contribution is 6.32. The SMILES string of the molecule is CC(C)(C)c1cc(NC(=O)c2cccnc2)n(-c2ccccc2Cl)n1. The zero-order chi connectivity index (χ0) is 18.0. The van der Waals surface area contributed by atoms with E-state index in [4.69, 9.17) is 11.6 Å². The van der Waals surface area contributed by atoms with Gasteiger partial charge in [0.15, 0.2) is 0 Å². The Morgan fingerprint density at radius 3 is 2.56 bits per heavy atom. The van der Waals surface area contributed by atoms with Crippen molar-refractivity contribution >= 4 is 23.3 Å². The van der Waals surface area contributed by atoms with Gasteiger partial charge in [0.1, 0.15) is 5.82 Å². The van der Waals surface area contributed by atoms with Crippen LogP contribution in [-0.4, -0.2) is 20.7 Å². The van der Waals surface area contributed by atoms with E-state index in [1.165, 1.54) is 6.20 Å². The second kappa shape index (κ2) is 6.69. The number of pyridine rings is 1. The summed E-state index contributed by atoms with van der Waals surface area (Å²) in [5, 5.41) is 8.13. The molecule has 1 aromatic carbocycles. The zero-order valence-electron chi connectivity index (χ0n) is 14.3. The van der Waals surface area contributed by atoms with E-state index in [0.717, 1.165) is 5.69 Å². The van der Waals surface area contributed by atoms with E-state index in [1.807, 2.05) is 24.3 Å². The molecule has 1 amide bonds. The molecule has 2 aromatic heterocycles. The van der Waals surface area contributed by atoms with Gasteiger partial charge in [0.05, 0.1) is 22.0 Å². The molecule has 3 rings (SSSR count). The Hall–Kier alpha value is -2.66. The smallest absolute Gasteiger partial charge is 0.258 e. The van der Waals surface area contributed by atoms with E-state index in [0.29, 0.717) is 22.1 Å². The van der Waals surface area contributed by atoms with Crippen LogP contribution in [0.5, 0.6) is 0 Å². The summed E-state index contributed by atoms with van der Waals surface area (Å²) in [5.74, 6) is 0.314. The van der Waals surface area contributed by atoms with Crippen molar-refractivity contribution in [1.29, 1.82) is 0 Å². The summed E-state index contributed by atoms with van der Waals surface area (Å²) in [6.07, 6.45) is 3.15. The molecule has 0 aliphatic carbocycles. The largest absolute Gasteiger partial charge is 0.306 e. The van der Waals surface area contributed by atoms with Crippen LogP contribution < -0.4 is 5.32 Å². The number of carbonyl (C=O) groups excluding carboxylic acids is 1. The van der Waals surface area contributed by atoms with Crippen molar-refractivity contribution in [1.82, 2.24) is 14.8 Å². The van der Waals surface area contributed by atoms with Crippen LogP contribution in [-0.2, 0) is 5.41 Å². The molecule has 0 atom stereocenters. The van der Waals surface area contributed by atoms with Crippen molar-refractivity contribution in [3.05, 3.63) is 71.1 Å². The number of nitrogens with zero attached hydrogens (tertiary/aromatic N) is 3. The predicted octanol–water partition coefficient (Wildman–Crippen LogP) is 4.47. The molecule has 0 radical (unpaired) electrons. The van der Waals surface area contributed by atoms with Gasteiger partial charge < -0.3 is 5.32 Å². The van der Waals surface area contributed by atoms with Gasteiger partial charge in [0, 0.05) is 23.9 Å². The summed E-state index contributed by atoms with van der Waals surface area (Å²) >= 11 is 6.32. The summed E-state index contributed by atoms with van der Waals surface area (Å²) in [7, 11) is 0. The lowest BCUT2D eigenvalue weighted by Crippen LogP contribution is -2.15. The highest BCUT2D eigenvalue weighted by Gasteiger charge is 2.22. The van der Waals surface area contributed by atoms with Crippen LogP contribution in [0.3, 0.4) is 0 Å². The van der Waals surface area contributed by atoms with Crippen LogP contribution >= 0.6 is 11.6 Å². The van der Waals surface area contributed by atoms with Gasteiger partial charge in [-0.15, -0.1) is 0 Å². The summed E-state index contributed by atoms with van der Waals surface area (Å²) in [6, 6.07) is 12.7. The summed E-state index contributed by atoms with van der Waals surface area (Å²) in [6.45, 7) is 6.21. The van der Waals surface area contributed by atoms with E-state index in [1.54, 1.807) is 29.1 Å². The van der Waals surface area contributed by atoms with Crippen LogP contribution in [0.15, 0.2) is 54.9 Å². The molecule has 0 unspecified atom stereocenters. The molecule has 0 spiro atoms. The molecule has 1 N–H and O–H groups in total. The molecule has 3 aromatic rings. The fraction of sp³-hybridized carbons (Fsp3) is 0.211. The number of para-hydroxylation sites is 1. The standard InChI is InChI=1S/C19H19ClN4O/c1-19(2,3)16-11-17(22-18(25)13-7-6-10-21-12-13)24(23-16)15-9-5-4-8-14(15)20/h4-12H,1-3H3,(H,22,25). The van der Waals surface area contributed by atoms with Gasteiger partial charge in [0.2, 0.25) is 0 Å². The predicted molar refractivity (Wildman–Crippen MR) is 99.5 cm³/mol. The summed E-state index contributed by atoms with van der Waals surface area (Å²) in [4.78, 5) is 16.5. The Kier molecular flexibility index (Phi) is 4.59. The molecule has 0 saturated carbocycles. The van der Waals surface area contributed by atoms with Crippen molar-refractivity contribution in [3.63, 3.8) is 0 Å². The van der Waals surface area contributed by atoms with E-state index in [2.05, 4.69) is 36.2 Å².